The van der Waals surface area contributed by atoms with E-state index in [0.29, 0.717) is 39.6 Å². The number of nitrogens with zero attached hydrogens (tertiary/aromatic N) is 4. The maximum atomic E-state index is 13.2. The first-order valence-electron chi connectivity index (χ1n) is 10.9. The highest BCUT2D eigenvalue weighted by molar-refractivity contribution is 7.20. The van der Waals surface area contributed by atoms with E-state index < -0.39 is 0 Å². The molecule has 7 nitrogen and oxygen atoms in total. The standard InChI is InChI=1S/C24H25N5O2S/c1-15-7-6-8-17(13-15)14-29-19(10-11-25-29)26-22(30)21-16(2)20-23(32-21)27-18-9-4-3-5-12-28(18)24(20)31/h6-8,10-11,13H,3-5,9,12,14H2,1-2H3,(H,26,30). The molecule has 8 heteroatoms. The van der Waals surface area contributed by atoms with Gasteiger partial charge in [-0.2, -0.15) is 5.10 Å². The Kier molecular flexibility index (Phi) is 5.38. The maximum Gasteiger partial charge on any atom is 0.267 e. The second-order valence-corrected chi connectivity index (χ2v) is 9.35. The van der Waals surface area contributed by atoms with Crippen LogP contribution in [0.5, 0.6) is 0 Å². The van der Waals surface area contributed by atoms with Crippen molar-refractivity contribution in [1.82, 2.24) is 19.3 Å². The van der Waals surface area contributed by atoms with Gasteiger partial charge in [-0.3, -0.25) is 14.2 Å². The van der Waals surface area contributed by atoms with Crippen molar-refractivity contribution >= 4 is 33.3 Å². The van der Waals surface area contributed by atoms with E-state index in [-0.39, 0.29) is 11.5 Å². The van der Waals surface area contributed by atoms with Gasteiger partial charge in [0, 0.05) is 19.0 Å². The van der Waals surface area contributed by atoms with E-state index >= 15 is 0 Å². The number of fused-ring (bicyclic) bond motifs is 2. The maximum absolute atomic E-state index is 13.2. The summed E-state index contributed by atoms with van der Waals surface area (Å²) in [6, 6.07) is 9.99. The Bertz CT molecular complexity index is 1380. The summed E-state index contributed by atoms with van der Waals surface area (Å²) in [7, 11) is 0. The molecule has 0 aliphatic carbocycles. The van der Waals surface area contributed by atoms with Crippen molar-refractivity contribution in [2.75, 3.05) is 5.32 Å². The Morgan fingerprint density at radius 2 is 2.06 bits per heavy atom. The van der Waals surface area contributed by atoms with Crippen LogP contribution in [0.4, 0.5) is 5.82 Å². The molecule has 4 aromatic rings. The van der Waals surface area contributed by atoms with Gasteiger partial charge < -0.3 is 5.32 Å². The quantitative estimate of drug-likeness (QED) is 0.506. The first-order chi connectivity index (χ1) is 15.5. The van der Waals surface area contributed by atoms with Gasteiger partial charge in [-0.15, -0.1) is 11.3 Å². The lowest BCUT2D eigenvalue weighted by atomic mass is 10.1. The number of hydrogen-bond acceptors (Lipinski definition) is 5. The van der Waals surface area contributed by atoms with Crippen LogP contribution in [-0.4, -0.2) is 25.2 Å². The van der Waals surface area contributed by atoms with E-state index in [1.807, 2.05) is 19.1 Å². The normalized spacial score (nSPS) is 13.7. The van der Waals surface area contributed by atoms with E-state index in [2.05, 4.69) is 29.5 Å². The molecule has 0 saturated heterocycles. The zero-order chi connectivity index (χ0) is 22.2. The third-order valence-electron chi connectivity index (χ3n) is 5.99. The highest BCUT2D eigenvalue weighted by Gasteiger charge is 2.23. The van der Waals surface area contributed by atoms with Crippen LogP contribution in [0.3, 0.4) is 0 Å². The SMILES string of the molecule is Cc1cccc(Cn2nccc2NC(=O)c2sc3nc4n(c(=O)c3c2C)CCCCC4)c1. The number of aryl methyl sites for hydroxylation is 3. The minimum absolute atomic E-state index is 0.0239. The van der Waals surface area contributed by atoms with Gasteiger partial charge in [0.05, 0.1) is 23.0 Å². The van der Waals surface area contributed by atoms with Crippen LogP contribution in [0.25, 0.3) is 10.2 Å². The lowest BCUT2D eigenvalue weighted by Gasteiger charge is -2.09. The van der Waals surface area contributed by atoms with Crippen molar-refractivity contribution in [2.24, 2.45) is 0 Å². The lowest BCUT2D eigenvalue weighted by molar-refractivity contribution is 0.102. The molecule has 0 saturated carbocycles. The van der Waals surface area contributed by atoms with Gasteiger partial charge in [0.1, 0.15) is 16.5 Å². The zero-order valence-corrected chi connectivity index (χ0v) is 19.0. The summed E-state index contributed by atoms with van der Waals surface area (Å²) in [5, 5.41) is 7.91. The van der Waals surface area contributed by atoms with Crippen molar-refractivity contribution in [1.29, 1.82) is 0 Å². The van der Waals surface area contributed by atoms with E-state index in [1.54, 1.807) is 21.5 Å². The Hall–Kier alpha value is -3.26. The summed E-state index contributed by atoms with van der Waals surface area (Å²) in [5.41, 5.74) is 2.97. The molecule has 1 aromatic carbocycles. The molecule has 0 bridgehead atoms. The van der Waals surface area contributed by atoms with Crippen LogP contribution in [0, 0.1) is 13.8 Å². The summed E-state index contributed by atoms with van der Waals surface area (Å²) in [6.45, 7) is 5.15. The average molecular weight is 448 g/mol. The third kappa shape index (κ3) is 3.75. The highest BCUT2D eigenvalue weighted by Crippen LogP contribution is 2.29. The number of thiophene rings is 1. The Morgan fingerprint density at radius 1 is 1.19 bits per heavy atom. The molecule has 1 amide bonds. The first kappa shape index (κ1) is 20.6. The summed E-state index contributed by atoms with van der Waals surface area (Å²) in [5.74, 6) is 1.22. The molecule has 0 spiro atoms. The number of rotatable bonds is 4. The highest BCUT2D eigenvalue weighted by atomic mass is 32.1. The number of hydrogen-bond donors (Lipinski definition) is 1. The summed E-state index contributed by atoms with van der Waals surface area (Å²) < 4.78 is 3.57. The molecule has 1 N–H and O–H groups in total. The Morgan fingerprint density at radius 3 is 2.91 bits per heavy atom. The molecule has 5 rings (SSSR count). The lowest BCUT2D eigenvalue weighted by Crippen LogP contribution is -2.24. The summed E-state index contributed by atoms with van der Waals surface area (Å²) in [6.07, 6.45) is 5.62. The molecule has 0 radical (unpaired) electrons. The van der Waals surface area contributed by atoms with E-state index in [9.17, 15) is 9.59 Å². The predicted octanol–water partition coefficient (Wildman–Crippen LogP) is 4.30. The molecule has 0 atom stereocenters. The summed E-state index contributed by atoms with van der Waals surface area (Å²) in [4.78, 5) is 32.3. The van der Waals surface area contributed by atoms with Crippen molar-refractivity contribution in [3.05, 3.63) is 74.3 Å². The average Bonchev–Trinajstić information content (AvgIpc) is 3.23. The Balaban J connectivity index is 1.45. The van der Waals surface area contributed by atoms with Crippen LogP contribution in [0.2, 0.25) is 0 Å². The second-order valence-electron chi connectivity index (χ2n) is 8.35. The Labute approximate surface area is 189 Å². The van der Waals surface area contributed by atoms with Gasteiger partial charge in [-0.25, -0.2) is 9.67 Å². The third-order valence-corrected chi connectivity index (χ3v) is 7.18. The molecule has 32 heavy (non-hydrogen) atoms. The molecule has 0 fully saturated rings. The van der Waals surface area contributed by atoms with Gasteiger partial charge in [-0.1, -0.05) is 36.2 Å². The number of carbonyl (C=O) groups is 1. The van der Waals surface area contributed by atoms with Gasteiger partial charge in [0.25, 0.3) is 11.5 Å². The minimum Gasteiger partial charge on any atom is -0.306 e. The number of carbonyl (C=O) groups excluding carboxylic acids is 1. The largest absolute Gasteiger partial charge is 0.306 e. The number of aromatic nitrogens is 4. The monoisotopic (exact) mass is 447 g/mol. The van der Waals surface area contributed by atoms with Crippen molar-refractivity contribution in [3.63, 3.8) is 0 Å². The number of benzene rings is 1. The van der Waals surface area contributed by atoms with E-state index in [0.717, 1.165) is 37.1 Å². The predicted molar refractivity (Wildman–Crippen MR) is 127 cm³/mol. The molecule has 3 aromatic heterocycles. The van der Waals surface area contributed by atoms with Crippen molar-refractivity contribution in [2.45, 2.75) is 52.6 Å². The van der Waals surface area contributed by atoms with Crippen molar-refractivity contribution in [3.8, 4) is 0 Å². The van der Waals surface area contributed by atoms with Crippen LogP contribution in [-0.2, 0) is 19.5 Å². The van der Waals surface area contributed by atoms with Crippen LogP contribution in [0.1, 0.15) is 51.4 Å². The fourth-order valence-electron chi connectivity index (χ4n) is 4.35. The molecular formula is C24H25N5O2S. The van der Waals surface area contributed by atoms with Gasteiger partial charge in [-0.05, 0) is 37.8 Å². The molecule has 0 unspecified atom stereocenters. The number of amides is 1. The molecule has 1 aliphatic heterocycles. The van der Waals surface area contributed by atoms with E-state index in [4.69, 9.17) is 4.98 Å². The van der Waals surface area contributed by atoms with Crippen molar-refractivity contribution < 1.29 is 4.79 Å². The van der Waals surface area contributed by atoms with E-state index in [1.165, 1.54) is 16.9 Å². The molecule has 164 valence electrons. The fourth-order valence-corrected chi connectivity index (χ4v) is 5.43. The second kappa shape index (κ2) is 8.35. The number of nitrogens with one attached hydrogen (secondary N) is 1. The number of anilines is 1. The molecule has 4 heterocycles. The smallest absolute Gasteiger partial charge is 0.267 e. The van der Waals surface area contributed by atoms with Crippen LogP contribution < -0.4 is 10.9 Å². The minimum atomic E-state index is -0.240. The molecule has 1 aliphatic rings. The molecular weight excluding hydrogens is 422 g/mol. The van der Waals surface area contributed by atoms with Gasteiger partial charge in [0.2, 0.25) is 0 Å². The topological polar surface area (TPSA) is 81.8 Å². The fraction of sp³-hybridized carbons (Fsp3) is 0.333. The first-order valence-corrected chi connectivity index (χ1v) is 11.7. The summed E-state index contributed by atoms with van der Waals surface area (Å²) >= 11 is 1.29. The van der Waals surface area contributed by atoms with Gasteiger partial charge in [0.15, 0.2) is 0 Å². The zero-order valence-electron chi connectivity index (χ0n) is 18.2. The van der Waals surface area contributed by atoms with Gasteiger partial charge >= 0.3 is 0 Å². The van der Waals surface area contributed by atoms with Crippen LogP contribution in [0.15, 0.2) is 41.3 Å². The van der Waals surface area contributed by atoms with Crippen LogP contribution >= 0.6 is 11.3 Å².